The summed E-state index contributed by atoms with van der Waals surface area (Å²) in [4.78, 5) is 23.1. The van der Waals surface area contributed by atoms with E-state index in [4.69, 9.17) is 14.2 Å². The van der Waals surface area contributed by atoms with Crippen molar-refractivity contribution in [3.63, 3.8) is 0 Å². The van der Waals surface area contributed by atoms with E-state index in [0.29, 0.717) is 35.0 Å². The van der Waals surface area contributed by atoms with Crippen LogP contribution in [0, 0.1) is 0 Å². The molecule has 3 heterocycles. The molecule has 0 aliphatic carbocycles. The van der Waals surface area contributed by atoms with Crippen LogP contribution in [0.15, 0.2) is 67.3 Å². The molecule has 2 aromatic heterocycles. The summed E-state index contributed by atoms with van der Waals surface area (Å²) < 4.78 is 17.0. The predicted molar refractivity (Wildman–Crippen MR) is 108 cm³/mol. The number of pyridine rings is 2. The highest BCUT2D eigenvalue weighted by molar-refractivity contribution is 6.10. The molecule has 7 nitrogen and oxygen atoms in total. The van der Waals surface area contributed by atoms with Gasteiger partial charge in [0.2, 0.25) is 0 Å². The third-order valence-corrected chi connectivity index (χ3v) is 4.59. The van der Waals surface area contributed by atoms with E-state index in [-0.39, 0.29) is 12.2 Å². The van der Waals surface area contributed by atoms with Crippen molar-refractivity contribution in [1.82, 2.24) is 9.97 Å². The third kappa shape index (κ3) is 4.20. The molecule has 3 aromatic rings. The van der Waals surface area contributed by atoms with Gasteiger partial charge in [0.15, 0.2) is 17.8 Å². The summed E-state index contributed by atoms with van der Waals surface area (Å²) in [5.74, 6) is 0.897. The van der Waals surface area contributed by atoms with Crippen LogP contribution < -0.4 is 14.4 Å². The van der Waals surface area contributed by atoms with Crippen LogP contribution in [-0.4, -0.2) is 35.9 Å². The second-order valence-corrected chi connectivity index (χ2v) is 6.48. The minimum Gasteiger partial charge on any atom is -0.493 e. The molecule has 0 bridgehead atoms. The van der Waals surface area contributed by atoms with E-state index in [0.717, 1.165) is 12.8 Å². The highest BCUT2D eigenvalue weighted by Crippen LogP contribution is 2.36. The Labute approximate surface area is 168 Å². The van der Waals surface area contributed by atoms with Crippen LogP contribution >= 0.6 is 0 Å². The number of amides is 1. The van der Waals surface area contributed by atoms with Crippen LogP contribution in [0.25, 0.3) is 0 Å². The number of hydrogen-bond donors (Lipinski definition) is 0. The van der Waals surface area contributed by atoms with Gasteiger partial charge in [0.1, 0.15) is 0 Å². The zero-order chi connectivity index (χ0) is 20.1. The summed E-state index contributed by atoms with van der Waals surface area (Å²) in [5.41, 5.74) is 1.79. The number of rotatable bonds is 6. The fourth-order valence-electron chi connectivity index (χ4n) is 3.17. The van der Waals surface area contributed by atoms with Gasteiger partial charge in [0, 0.05) is 36.6 Å². The number of carbonyl (C=O) groups is 1. The van der Waals surface area contributed by atoms with E-state index < -0.39 is 0 Å². The molecule has 1 aliphatic heterocycles. The minimum atomic E-state index is -0.318. The van der Waals surface area contributed by atoms with E-state index in [1.165, 1.54) is 0 Å². The standard InChI is InChI=1S/C22H21N3O4/c1-27-19-7-6-17(14-20(19)29-21-5-3-13-28-21)25(18-4-2-10-24-15-18)22(26)16-8-11-23-12-9-16/h2,4,6-12,14-15,21H,3,5,13H2,1H3. The maximum absolute atomic E-state index is 13.3. The smallest absolute Gasteiger partial charge is 0.262 e. The first-order chi connectivity index (χ1) is 14.3. The summed E-state index contributed by atoms with van der Waals surface area (Å²) in [6.07, 6.45) is 7.94. The van der Waals surface area contributed by atoms with Crippen molar-refractivity contribution >= 4 is 17.3 Å². The Hall–Kier alpha value is -3.45. The molecule has 0 radical (unpaired) electrons. The van der Waals surface area contributed by atoms with Crippen LogP contribution in [0.3, 0.4) is 0 Å². The molecule has 1 unspecified atom stereocenters. The lowest BCUT2D eigenvalue weighted by Crippen LogP contribution is -2.26. The molecule has 0 N–H and O–H groups in total. The van der Waals surface area contributed by atoms with E-state index in [1.54, 1.807) is 67.1 Å². The Balaban J connectivity index is 1.75. The fourth-order valence-corrected chi connectivity index (χ4v) is 3.17. The van der Waals surface area contributed by atoms with Crippen LogP contribution in [-0.2, 0) is 4.74 Å². The van der Waals surface area contributed by atoms with Crippen LogP contribution in [0.2, 0.25) is 0 Å². The van der Waals surface area contributed by atoms with Gasteiger partial charge >= 0.3 is 0 Å². The van der Waals surface area contributed by atoms with Crippen molar-refractivity contribution in [2.45, 2.75) is 19.1 Å². The maximum atomic E-state index is 13.3. The van der Waals surface area contributed by atoms with Crippen LogP contribution in [0.1, 0.15) is 23.2 Å². The Morgan fingerprint density at radius 1 is 1.07 bits per heavy atom. The van der Waals surface area contributed by atoms with E-state index in [1.807, 2.05) is 12.1 Å². The van der Waals surface area contributed by atoms with Gasteiger partial charge in [-0.25, -0.2) is 0 Å². The van der Waals surface area contributed by atoms with E-state index in [2.05, 4.69) is 9.97 Å². The van der Waals surface area contributed by atoms with Gasteiger partial charge in [-0.05, 0) is 42.8 Å². The SMILES string of the molecule is COc1ccc(N(C(=O)c2ccncc2)c2cccnc2)cc1OC1CCCO1. The van der Waals surface area contributed by atoms with Gasteiger partial charge < -0.3 is 14.2 Å². The number of benzene rings is 1. The van der Waals surface area contributed by atoms with Gasteiger partial charge in [-0.15, -0.1) is 0 Å². The van der Waals surface area contributed by atoms with Gasteiger partial charge in [0.25, 0.3) is 5.91 Å². The molecule has 0 saturated carbocycles. The lowest BCUT2D eigenvalue weighted by molar-refractivity contribution is -0.0402. The van der Waals surface area contributed by atoms with Gasteiger partial charge in [0.05, 0.1) is 31.3 Å². The molecule has 1 amide bonds. The first-order valence-electron chi connectivity index (χ1n) is 9.37. The van der Waals surface area contributed by atoms with Gasteiger partial charge in [-0.2, -0.15) is 0 Å². The summed E-state index contributed by atoms with van der Waals surface area (Å²) in [6.45, 7) is 0.676. The zero-order valence-corrected chi connectivity index (χ0v) is 16.0. The van der Waals surface area contributed by atoms with Crippen molar-refractivity contribution in [1.29, 1.82) is 0 Å². The number of ether oxygens (including phenoxy) is 3. The largest absolute Gasteiger partial charge is 0.493 e. The van der Waals surface area contributed by atoms with Crippen molar-refractivity contribution in [3.8, 4) is 11.5 Å². The first kappa shape index (κ1) is 18.9. The van der Waals surface area contributed by atoms with Gasteiger partial charge in [-0.1, -0.05) is 0 Å². The van der Waals surface area contributed by atoms with Crippen molar-refractivity contribution < 1.29 is 19.0 Å². The van der Waals surface area contributed by atoms with Gasteiger partial charge in [-0.3, -0.25) is 19.7 Å². The second kappa shape index (κ2) is 8.70. The Kier molecular flexibility index (Phi) is 5.67. The molecule has 1 aromatic carbocycles. The number of nitrogens with zero attached hydrogens (tertiary/aromatic N) is 3. The van der Waals surface area contributed by atoms with Crippen molar-refractivity contribution in [3.05, 3.63) is 72.8 Å². The van der Waals surface area contributed by atoms with Crippen LogP contribution in [0.4, 0.5) is 11.4 Å². The molecule has 7 heteroatoms. The summed E-state index contributed by atoms with van der Waals surface area (Å²) in [7, 11) is 1.58. The van der Waals surface area contributed by atoms with Crippen molar-refractivity contribution in [2.75, 3.05) is 18.6 Å². The summed E-state index contributed by atoms with van der Waals surface area (Å²) in [5, 5.41) is 0. The Morgan fingerprint density at radius 3 is 2.62 bits per heavy atom. The fraction of sp³-hybridized carbons (Fsp3) is 0.227. The first-order valence-corrected chi connectivity index (χ1v) is 9.37. The quantitative estimate of drug-likeness (QED) is 0.633. The summed E-state index contributed by atoms with van der Waals surface area (Å²) >= 11 is 0. The summed E-state index contributed by atoms with van der Waals surface area (Å²) in [6, 6.07) is 12.4. The molecule has 148 valence electrons. The third-order valence-electron chi connectivity index (χ3n) is 4.59. The molecule has 1 aliphatic rings. The van der Waals surface area contributed by atoms with E-state index >= 15 is 0 Å². The minimum absolute atomic E-state index is 0.200. The average molecular weight is 391 g/mol. The molecule has 1 atom stereocenters. The normalized spacial score (nSPS) is 15.7. The molecule has 0 spiro atoms. The molecule has 1 saturated heterocycles. The lowest BCUT2D eigenvalue weighted by Gasteiger charge is -2.24. The highest BCUT2D eigenvalue weighted by Gasteiger charge is 2.24. The van der Waals surface area contributed by atoms with Crippen LogP contribution in [0.5, 0.6) is 11.5 Å². The monoisotopic (exact) mass is 391 g/mol. The highest BCUT2D eigenvalue weighted by atomic mass is 16.7. The zero-order valence-electron chi connectivity index (χ0n) is 16.0. The number of anilines is 2. The number of carbonyl (C=O) groups excluding carboxylic acids is 1. The van der Waals surface area contributed by atoms with Crippen molar-refractivity contribution in [2.24, 2.45) is 0 Å². The molecule has 29 heavy (non-hydrogen) atoms. The maximum Gasteiger partial charge on any atom is 0.262 e. The topological polar surface area (TPSA) is 73.8 Å². The Morgan fingerprint density at radius 2 is 1.93 bits per heavy atom. The average Bonchev–Trinajstić information content (AvgIpc) is 3.28. The predicted octanol–water partition coefficient (Wildman–Crippen LogP) is 3.98. The Bertz CT molecular complexity index is 960. The number of methoxy groups -OCH3 is 1. The molecule has 4 rings (SSSR count). The molecular formula is C22H21N3O4. The lowest BCUT2D eigenvalue weighted by atomic mass is 10.1. The molecule has 1 fully saturated rings. The number of aromatic nitrogens is 2. The second-order valence-electron chi connectivity index (χ2n) is 6.48. The van der Waals surface area contributed by atoms with E-state index in [9.17, 15) is 4.79 Å². The number of hydrogen-bond acceptors (Lipinski definition) is 6. The molecular weight excluding hydrogens is 370 g/mol.